The van der Waals surface area contributed by atoms with Crippen LogP contribution in [0.3, 0.4) is 0 Å². The highest BCUT2D eigenvalue weighted by molar-refractivity contribution is 5.47. The van der Waals surface area contributed by atoms with Crippen molar-refractivity contribution in [1.29, 1.82) is 0 Å². The van der Waals surface area contributed by atoms with Gasteiger partial charge in [-0.3, -0.25) is 4.68 Å². The minimum atomic E-state index is -0.830. The SMILES string of the molecule is Cc1nn(C)cc1NC(C)c1ccc(F)c(F)c1. The van der Waals surface area contributed by atoms with Crippen LogP contribution in [0.4, 0.5) is 14.5 Å². The number of aryl methyl sites for hydroxylation is 2. The van der Waals surface area contributed by atoms with Crippen molar-refractivity contribution in [1.82, 2.24) is 9.78 Å². The lowest BCUT2D eigenvalue weighted by Gasteiger charge is -2.15. The highest BCUT2D eigenvalue weighted by atomic mass is 19.2. The average Bonchev–Trinajstić information content (AvgIpc) is 2.61. The van der Waals surface area contributed by atoms with Crippen molar-refractivity contribution in [2.75, 3.05) is 5.32 Å². The number of anilines is 1. The summed E-state index contributed by atoms with van der Waals surface area (Å²) in [6, 6.07) is 3.79. The first-order chi connectivity index (χ1) is 8.47. The number of nitrogens with one attached hydrogen (secondary N) is 1. The van der Waals surface area contributed by atoms with Crippen LogP contribution in [0.2, 0.25) is 0 Å². The molecule has 0 bridgehead atoms. The summed E-state index contributed by atoms with van der Waals surface area (Å²) < 4.78 is 27.7. The summed E-state index contributed by atoms with van der Waals surface area (Å²) >= 11 is 0. The van der Waals surface area contributed by atoms with E-state index < -0.39 is 11.6 Å². The summed E-state index contributed by atoms with van der Waals surface area (Å²) in [4.78, 5) is 0. The first-order valence-electron chi connectivity index (χ1n) is 5.69. The lowest BCUT2D eigenvalue weighted by atomic mass is 10.1. The van der Waals surface area contributed by atoms with E-state index >= 15 is 0 Å². The maximum absolute atomic E-state index is 13.1. The van der Waals surface area contributed by atoms with Crippen molar-refractivity contribution in [2.24, 2.45) is 7.05 Å². The van der Waals surface area contributed by atoms with Crippen molar-refractivity contribution in [3.05, 3.63) is 47.3 Å². The number of halogens is 2. The van der Waals surface area contributed by atoms with Crippen LogP contribution in [0.1, 0.15) is 24.2 Å². The third-order valence-corrected chi connectivity index (χ3v) is 2.83. The second-order valence-corrected chi connectivity index (χ2v) is 4.34. The van der Waals surface area contributed by atoms with Gasteiger partial charge in [-0.05, 0) is 31.5 Å². The quantitative estimate of drug-likeness (QED) is 0.908. The van der Waals surface area contributed by atoms with Crippen LogP contribution in [-0.2, 0) is 7.05 Å². The first kappa shape index (κ1) is 12.5. The Kier molecular flexibility index (Phi) is 3.32. The molecule has 0 spiro atoms. The Bertz CT molecular complexity index is 563. The summed E-state index contributed by atoms with van der Waals surface area (Å²) in [6.45, 7) is 3.78. The van der Waals surface area contributed by atoms with E-state index in [1.807, 2.05) is 27.1 Å². The summed E-state index contributed by atoms with van der Waals surface area (Å²) in [5.41, 5.74) is 2.44. The van der Waals surface area contributed by atoms with E-state index in [-0.39, 0.29) is 6.04 Å². The standard InChI is InChI=1S/C13H15F2N3/c1-8(10-4-5-11(14)12(15)6-10)16-13-7-18(3)17-9(13)2/h4-8,16H,1-3H3. The Balaban J connectivity index is 2.19. The summed E-state index contributed by atoms with van der Waals surface area (Å²) in [6.07, 6.45) is 1.85. The normalized spacial score (nSPS) is 12.5. The molecule has 1 heterocycles. The molecule has 0 radical (unpaired) electrons. The molecular formula is C13H15F2N3. The molecule has 5 heteroatoms. The zero-order valence-corrected chi connectivity index (χ0v) is 10.5. The van der Waals surface area contributed by atoms with Crippen molar-refractivity contribution < 1.29 is 8.78 Å². The zero-order chi connectivity index (χ0) is 13.3. The number of aromatic nitrogens is 2. The fraction of sp³-hybridized carbons (Fsp3) is 0.308. The maximum atomic E-state index is 13.1. The second kappa shape index (κ2) is 4.76. The zero-order valence-electron chi connectivity index (χ0n) is 10.5. The molecule has 0 amide bonds. The Hall–Kier alpha value is -1.91. The van der Waals surface area contributed by atoms with E-state index in [4.69, 9.17) is 0 Å². The molecule has 2 aromatic rings. The number of benzene rings is 1. The summed E-state index contributed by atoms with van der Waals surface area (Å²) in [5, 5.41) is 7.43. The third kappa shape index (κ3) is 2.50. The molecule has 2 rings (SSSR count). The summed E-state index contributed by atoms with van der Waals surface area (Å²) in [7, 11) is 1.83. The van der Waals surface area contributed by atoms with Crippen molar-refractivity contribution in [3.63, 3.8) is 0 Å². The van der Waals surface area contributed by atoms with Crippen LogP contribution < -0.4 is 5.32 Å². The minimum absolute atomic E-state index is 0.122. The molecule has 1 unspecified atom stereocenters. The first-order valence-corrected chi connectivity index (χ1v) is 5.69. The Morgan fingerprint density at radius 2 is 2.00 bits per heavy atom. The lowest BCUT2D eigenvalue weighted by Crippen LogP contribution is -2.07. The fourth-order valence-corrected chi connectivity index (χ4v) is 1.84. The van der Waals surface area contributed by atoms with E-state index in [0.717, 1.165) is 17.4 Å². The van der Waals surface area contributed by atoms with Gasteiger partial charge >= 0.3 is 0 Å². The molecule has 0 saturated carbocycles. The average molecular weight is 251 g/mol. The van der Waals surface area contributed by atoms with Gasteiger partial charge in [0.15, 0.2) is 11.6 Å². The molecule has 1 aromatic heterocycles. The maximum Gasteiger partial charge on any atom is 0.159 e. The highest BCUT2D eigenvalue weighted by Gasteiger charge is 2.11. The fourth-order valence-electron chi connectivity index (χ4n) is 1.84. The second-order valence-electron chi connectivity index (χ2n) is 4.34. The lowest BCUT2D eigenvalue weighted by molar-refractivity contribution is 0.506. The van der Waals surface area contributed by atoms with E-state index in [1.54, 1.807) is 10.7 Å². The Morgan fingerprint density at radius 1 is 1.28 bits per heavy atom. The molecule has 0 aliphatic heterocycles. The van der Waals surface area contributed by atoms with Gasteiger partial charge in [0.05, 0.1) is 11.4 Å². The number of hydrogen-bond acceptors (Lipinski definition) is 2. The van der Waals surface area contributed by atoms with Gasteiger partial charge in [-0.25, -0.2) is 8.78 Å². The van der Waals surface area contributed by atoms with Gasteiger partial charge in [0, 0.05) is 19.3 Å². The van der Waals surface area contributed by atoms with Gasteiger partial charge in [0.1, 0.15) is 0 Å². The van der Waals surface area contributed by atoms with Gasteiger partial charge < -0.3 is 5.32 Å². The van der Waals surface area contributed by atoms with Crippen LogP contribution in [0.15, 0.2) is 24.4 Å². The predicted octanol–water partition coefficient (Wildman–Crippen LogP) is 3.18. The molecule has 0 aliphatic rings. The van der Waals surface area contributed by atoms with Crippen LogP contribution in [-0.4, -0.2) is 9.78 Å². The molecule has 18 heavy (non-hydrogen) atoms. The molecule has 0 fully saturated rings. The smallest absolute Gasteiger partial charge is 0.159 e. The Morgan fingerprint density at radius 3 is 2.56 bits per heavy atom. The molecule has 1 N–H and O–H groups in total. The molecule has 1 aromatic carbocycles. The molecule has 1 atom stereocenters. The van der Waals surface area contributed by atoms with Gasteiger partial charge in [-0.2, -0.15) is 5.10 Å². The largest absolute Gasteiger partial charge is 0.376 e. The number of rotatable bonds is 3. The van der Waals surface area contributed by atoms with E-state index in [2.05, 4.69) is 10.4 Å². The third-order valence-electron chi connectivity index (χ3n) is 2.83. The van der Waals surface area contributed by atoms with Crippen LogP contribution in [0, 0.1) is 18.6 Å². The van der Waals surface area contributed by atoms with Gasteiger partial charge in [-0.1, -0.05) is 6.07 Å². The van der Waals surface area contributed by atoms with E-state index in [1.165, 1.54) is 6.07 Å². The summed E-state index contributed by atoms with van der Waals surface area (Å²) in [5.74, 6) is -1.66. The molecule has 3 nitrogen and oxygen atoms in total. The highest BCUT2D eigenvalue weighted by Crippen LogP contribution is 2.22. The van der Waals surface area contributed by atoms with E-state index in [9.17, 15) is 8.78 Å². The van der Waals surface area contributed by atoms with Gasteiger partial charge in [0.25, 0.3) is 0 Å². The van der Waals surface area contributed by atoms with Crippen LogP contribution in [0.25, 0.3) is 0 Å². The predicted molar refractivity (Wildman–Crippen MR) is 66.3 cm³/mol. The van der Waals surface area contributed by atoms with Crippen molar-refractivity contribution >= 4 is 5.69 Å². The molecular weight excluding hydrogens is 236 g/mol. The number of nitrogens with zero attached hydrogens (tertiary/aromatic N) is 2. The minimum Gasteiger partial charge on any atom is -0.376 e. The van der Waals surface area contributed by atoms with E-state index in [0.29, 0.717) is 5.56 Å². The van der Waals surface area contributed by atoms with Crippen LogP contribution in [0.5, 0.6) is 0 Å². The monoisotopic (exact) mass is 251 g/mol. The Labute approximate surface area is 104 Å². The molecule has 0 aliphatic carbocycles. The molecule has 96 valence electrons. The number of hydrogen-bond donors (Lipinski definition) is 1. The van der Waals surface area contributed by atoms with Gasteiger partial charge in [-0.15, -0.1) is 0 Å². The van der Waals surface area contributed by atoms with Gasteiger partial charge in [0.2, 0.25) is 0 Å². The molecule has 0 saturated heterocycles. The van der Waals surface area contributed by atoms with Crippen molar-refractivity contribution in [3.8, 4) is 0 Å². The van der Waals surface area contributed by atoms with Crippen molar-refractivity contribution in [2.45, 2.75) is 19.9 Å². The topological polar surface area (TPSA) is 29.9 Å². The van der Waals surface area contributed by atoms with Crippen LogP contribution >= 0.6 is 0 Å².